The second-order valence-electron chi connectivity index (χ2n) is 8.94. The number of fused-ring (bicyclic) bond motifs is 1. The molecule has 4 heterocycles. The van der Waals surface area contributed by atoms with E-state index in [0.717, 1.165) is 16.9 Å². The zero-order valence-corrected chi connectivity index (χ0v) is 24.1. The average molecular weight is 644 g/mol. The number of aromatic nitrogens is 3. The number of halogens is 4. The molecule has 1 atom stereocenters. The first-order valence-corrected chi connectivity index (χ1v) is 13.9. The summed E-state index contributed by atoms with van der Waals surface area (Å²) >= 11 is 11.3. The van der Waals surface area contributed by atoms with Gasteiger partial charge >= 0.3 is 6.01 Å². The molecule has 0 aliphatic carbocycles. The number of rotatable bonds is 4. The van der Waals surface area contributed by atoms with Crippen molar-refractivity contribution in [1.29, 1.82) is 5.26 Å². The molecule has 0 radical (unpaired) electrons. The van der Waals surface area contributed by atoms with E-state index in [-0.39, 0.29) is 72.1 Å². The lowest BCUT2D eigenvalue weighted by Gasteiger charge is -2.30. The fourth-order valence-corrected chi connectivity index (χ4v) is 6.89. The average Bonchev–Trinajstić information content (AvgIpc) is 3.17. The summed E-state index contributed by atoms with van der Waals surface area (Å²) in [5.74, 6) is -0.842. The van der Waals surface area contributed by atoms with Gasteiger partial charge in [-0.05, 0) is 40.5 Å². The van der Waals surface area contributed by atoms with Crippen LogP contribution in [-0.4, -0.2) is 35.2 Å². The summed E-state index contributed by atoms with van der Waals surface area (Å²) in [6, 6.07) is 8.01. The molecule has 202 valence electrons. The number of ether oxygens (including phenoxy) is 2. The highest BCUT2D eigenvalue weighted by atomic mass is 79.9. The van der Waals surface area contributed by atoms with Crippen LogP contribution in [0.25, 0.3) is 32.1 Å². The topological polar surface area (TPSA) is 110 Å². The third kappa shape index (κ3) is 3.91. The van der Waals surface area contributed by atoms with E-state index in [1.165, 1.54) is 19.2 Å². The van der Waals surface area contributed by atoms with Crippen molar-refractivity contribution < 1.29 is 18.3 Å². The number of pyridine rings is 1. The molecule has 6 rings (SSSR count). The van der Waals surface area contributed by atoms with Crippen molar-refractivity contribution in [2.75, 3.05) is 30.9 Å². The summed E-state index contributed by atoms with van der Waals surface area (Å²) in [6.07, 6.45) is 1.68. The highest BCUT2D eigenvalue weighted by Gasteiger charge is 2.33. The fraction of sp³-hybridized carbons (Fsp3) is 0.185. The van der Waals surface area contributed by atoms with Crippen LogP contribution in [0.1, 0.15) is 24.1 Å². The molecule has 0 saturated carbocycles. The van der Waals surface area contributed by atoms with Crippen LogP contribution >= 0.6 is 38.9 Å². The second kappa shape index (κ2) is 9.99. The maximum Gasteiger partial charge on any atom is 0.318 e. The van der Waals surface area contributed by atoms with Gasteiger partial charge in [0, 0.05) is 22.7 Å². The molecule has 40 heavy (non-hydrogen) atoms. The molecule has 0 amide bonds. The zero-order chi connectivity index (χ0) is 28.3. The van der Waals surface area contributed by atoms with E-state index in [4.69, 9.17) is 26.8 Å². The van der Waals surface area contributed by atoms with Crippen LogP contribution in [0.4, 0.5) is 19.6 Å². The van der Waals surface area contributed by atoms with Crippen molar-refractivity contribution in [3.63, 3.8) is 0 Å². The van der Waals surface area contributed by atoms with Gasteiger partial charge < -0.3 is 20.1 Å². The van der Waals surface area contributed by atoms with E-state index in [1.54, 1.807) is 6.20 Å². The first-order chi connectivity index (χ1) is 19.3. The van der Waals surface area contributed by atoms with Gasteiger partial charge in [-0.25, -0.2) is 13.8 Å². The van der Waals surface area contributed by atoms with E-state index < -0.39 is 11.6 Å². The molecule has 0 unspecified atom stereocenters. The minimum absolute atomic E-state index is 0.0415. The zero-order valence-electron chi connectivity index (χ0n) is 20.9. The van der Waals surface area contributed by atoms with Crippen LogP contribution in [0.5, 0.6) is 11.8 Å². The Kier molecular flexibility index (Phi) is 6.60. The fourth-order valence-electron chi connectivity index (χ4n) is 5.02. The van der Waals surface area contributed by atoms with Crippen molar-refractivity contribution >= 4 is 70.7 Å². The predicted octanol–water partition coefficient (Wildman–Crippen LogP) is 7.02. The Labute approximate surface area is 244 Å². The number of benzene rings is 2. The first kappa shape index (κ1) is 26.4. The van der Waals surface area contributed by atoms with Gasteiger partial charge in [0.2, 0.25) is 0 Å². The van der Waals surface area contributed by atoms with Gasteiger partial charge in [0.05, 0.1) is 40.4 Å². The molecule has 2 aromatic carbocycles. The third-order valence-electron chi connectivity index (χ3n) is 6.88. The number of anilines is 2. The number of nitriles is 1. The van der Waals surface area contributed by atoms with Gasteiger partial charge in [-0.3, -0.25) is 0 Å². The second-order valence-corrected chi connectivity index (χ2v) is 11.1. The van der Waals surface area contributed by atoms with Crippen LogP contribution in [0.2, 0.25) is 5.02 Å². The number of nitrogens with zero attached hydrogens (tertiary/aromatic N) is 5. The molecule has 5 aromatic rings. The van der Waals surface area contributed by atoms with E-state index in [1.807, 2.05) is 30.0 Å². The van der Waals surface area contributed by atoms with Gasteiger partial charge in [-0.2, -0.15) is 15.2 Å². The van der Waals surface area contributed by atoms with Gasteiger partial charge in [0.1, 0.15) is 39.4 Å². The molecule has 8 nitrogen and oxygen atoms in total. The van der Waals surface area contributed by atoms with Gasteiger partial charge in [0.15, 0.2) is 11.6 Å². The number of hydrogen-bond donors (Lipinski definition) is 1. The van der Waals surface area contributed by atoms with E-state index in [2.05, 4.69) is 30.9 Å². The number of hydrogen-bond acceptors (Lipinski definition) is 9. The van der Waals surface area contributed by atoms with Crippen molar-refractivity contribution in [3.8, 4) is 29.0 Å². The Hall–Kier alpha value is -3.79. The Bertz CT molecular complexity index is 1900. The van der Waals surface area contributed by atoms with Crippen molar-refractivity contribution in [2.45, 2.75) is 13.0 Å². The summed E-state index contributed by atoms with van der Waals surface area (Å²) in [5.41, 5.74) is 6.95. The molecular formula is C27H18BrClF2N6O2S. The third-order valence-corrected chi connectivity index (χ3v) is 8.93. The lowest BCUT2D eigenvalue weighted by atomic mass is 9.96. The lowest BCUT2D eigenvalue weighted by Crippen LogP contribution is -2.31. The first-order valence-electron chi connectivity index (χ1n) is 11.9. The Balaban J connectivity index is 1.68. The summed E-state index contributed by atoms with van der Waals surface area (Å²) in [7, 11) is 1.39. The van der Waals surface area contributed by atoms with Crippen molar-refractivity contribution in [1.82, 2.24) is 15.0 Å². The minimum atomic E-state index is -0.798. The standard InChI is InChI=1S/C27H18BrClF2N6O2S/c1-11(12-4-3-7-34-24(12)28)37-8-9-39-22-18-21(35-27(38-2)36-26(18)37)20(31)17(19(22)29)13-5-6-15(30)23-16(13)14(10-32)25(33)40-23/h3-7,11H,8-9,33H2,1-2H3/t11-/m1/s1. The van der Waals surface area contributed by atoms with Crippen molar-refractivity contribution in [2.24, 2.45) is 0 Å². The quantitative estimate of drug-likeness (QED) is 0.208. The van der Waals surface area contributed by atoms with Gasteiger partial charge in [0.25, 0.3) is 0 Å². The largest absolute Gasteiger partial charge is 0.489 e. The van der Waals surface area contributed by atoms with E-state index in [0.29, 0.717) is 17.0 Å². The summed E-state index contributed by atoms with van der Waals surface area (Å²) < 4.78 is 43.7. The van der Waals surface area contributed by atoms with Gasteiger partial charge in [-0.15, -0.1) is 11.3 Å². The molecule has 13 heteroatoms. The predicted molar refractivity (Wildman–Crippen MR) is 154 cm³/mol. The smallest absolute Gasteiger partial charge is 0.318 e. The molecular weight excluding hydrogens is 626 g/mol. The SMILES string of the molecule is COc1nc2c3c(c(Cl)c(-c4ccc(F)c5sc(N)c(C#N)c45)c(F)c3n1)OCCN2[C@H](C)c1cccnc1Br. The Morgan fingerprint density at radius 3 is 2.80 bits per heavy atom. The summed E-state index contributed by atoms with van der Waals surface area (Å²) in [5, 5.41) is 10.3. The van der Waals surface area contributed by atoms with E-state index in [9.17, 15) is 9.65 Å². The molecule has 0 fully saturated rings. The molecule has 0 spiro atoms. The normalized spacial score (nSPS) is 13.7. The molecule has 0 saturated heterocycles. The molecule has 1 aliphatic heterocycles. The number of thiophene rings is 1. The molecule has 0 bridgehead atoms. The van der Waals surface area contributed by atoms with Crippen LogP contribution in [-0.2, 0) is 0 Å². The van der Waals surface area contributed by atoms with Crippen LogP contribution < -0.4 is 20.1 Å². The molecule has 2 N–H and O–H groups in total. The molecule has 3 aromatic heterocycles. The minimum Gasteiger partial charge on any atom is -0.489 e. The van der Waals surface area contributed by atoms with Crippen LogP contribution in [0, 0.1) is 23.0 Å². The summed E-state index contributed by atoms with van der Waals surface area (Å²) in [4.78, 5) is 15.2. The Morgan fingerprint density at radius 1 is 1.27 bits per heavy atom. The maximum absolute atomic E-state index is 16.6. The van der Waals surface area contributed by atoms with Crippen LogP contribution in [0.15, 0.2) is 35.1 Å². The highest BCUT2D eigenvalue weighted by molar-refractivity contribution is 9.10. The van der Waals surface area contributed by atoms with E-state index >= 15 is 4.39 Å². The lowest BCUT2D eigenvalue weighted by molar-refractivity contribution is 0.328. The Morgan fingerprint density at radius 2 is 2.08 bits per heavy atom. The number of methoxy groups -OCH3 is 1. The maximum atomic E-state index is 16.6. The van der Waals surface area contributed by atoms with Crippen LogP contribution in [0.3, 0.4) is 0 Å². The van der Waals surface area contributed by atoms with Crippen molar-refractivity contribution in [3.05, 3.63) is 62.8 Å². The van der Waals surface area contributed by atoms with Gasteiger partial charge in [-0.1, -0.05) is 23.7 Å². The number of nitrogens with two attached hydrogens (primary N) is 1. The monoisotopic (exact) mass is 642 g/mol. The number of nitrogen functional groups attached to an aromatic ring is 1. The summed E-state index contributed by atoms with van der Waals surface area (Å²) in [6.45, 7) is 2.54. The highest BCUT2D eigenvalue weighted by Crippen LogP contribution is 2.51. The molecule has 1 aliphatic rings.